The van der Waals surface area contributed by atoms with Gasteiger partial charge in [0.2, 0.25) is 0 Å². The lowest BCUT2D eigenvalue weighted by atomic mass is 9.80. The van der Waals surface area contributed by atoms with Crippen LogP contribution < -0.4 is 5.32 Å². The number of hydrogen-bond acceptors (Lipinski definition) is 5. The number of rotatable bonds is 3. The first-order valence-corrected chi connectivity index (χ1v) is 5.25. The van der Waals surface area contributed by atoms with E-state index in [0.29, 0.717) is 11.4 Å². The Morgan fingerprint density at radius 3 is 3.00 bits per heavy atom. The average molecular weight is 213 g/mol. The van der Waals surface area contributed by atoms with Crippen molar-refractivity contribution < 1.29 is 9.90 Å². The van der Waals surface area contributed by atoms with E-state index in [9.17, 15) is 9.90 Å². The van der Waals surface area contributed by atoms with Crippen molar-refractivity contribution in [2.75, 3.05) is 6.54 Å². The van der Waals surface area contributed by atoms with E-state index in [0.717, 1.165) is 30.8 Å². The van der Waals surface area contributed by atoms with Crippen molar-refractivity contribution in [2.24, 2.45) is 0 Å². The number of amides is 1. The van der Waals surface area contributed by atoms with E-state index in [1.807, 2.05) is 0 Å². The van der Waals surface area contributed by atoms with Gasteiger partial charge in [-0.25, -0.2) is 0 Å². The molecular weight excluding hydrogens is 202 g/mol. The second-order valence-electron chi connectivity index (χ2n) is 3.54. The Balaban J connectivity index is 1.84. The predicted octanol–water partition coefficient (Wildman–Crippen LogP) is 0.183. The molecule has 1 saturated carbocycles. The smallest absolute Gasteiger partial charge is 0.264 e. The molecule has 2 rings (SSSR count). The van der Waals surface area contributed by atoms with Crippen LogP contribution in [0, 0.1) is 0 Å². The minimum atomic E-state index is -0.673. The van der Waals surface area contributed by atoms with Crippen LogP contribution in [-0.2, 0) is 0 Å². The van der Waals surface area contributed by atoms with Gasteiger partial charge in [0.15, 0.2) is 0 Å². The predicted molar refractivity (Wildman–Crippen MR) is 51.0 cm³/mol. The van der Waals surface area contributed by atoms with Gasteiger partial charge in [-0.2, -0.15) is 0 Å². The second-order valence-corrected chi connectivity index (χ2v) is 4.33. The van der Waals surface area contributed by atoms with E-state index >= 15 is 0 Å². The van der Waals surface area contributed by atoms with E-state index in [1.165, 1.54) is 6.20 Å². The molecule has 76 valence electrons. The highest BCUT2D eigenvalue weighted by Crippen LogP contribution is 2.30. The maximum atomic E-state index is 11.4. The molecule has 1 aliphatic carbocycles. The fourth-order valence-corrected chi connectivity index (χ4v) is 1.79. The minimum Gasteiger partial charge on any atom is -0.388 e. The molecule has 0 radical (unpaired) electrons. The summed E-state index contributed by atoms with van der Waals surface area (Å²) in [4.78, 5) is 11.9. The van der Waals surface area contributed by atoms with Crippen LogP contribution >= 0.6 is 11.5 Å². The first-order chi connectivity index (χ1) is 6.70. The van der Waals surface area contributed by atoms with E-state index < -0.39 is 5.60 Å². The van der Waals surface area contributed by atoms with Crippen LogP contribution in [0.4, 0.5) is 0 Å². The lowest BCUT2D eigenvalue weighted by molar-refractivity contribution is -0.0300. The Bertz CT molecular complexity index is 321. The van der Waals surface area contributed by atoms with Crippen molar-refractivity contribution in [3.8, 4) is 0 Å². The summed E-state index contributed by atoms with van der Waals surface area (Å²) in [5.41, 5.74) is -0.673. The van der Waals surface area contributed by atoms with Gasteiger partial charge < -0.3 is 10.4 Å². The average Bonchev–Trinajstić information content (AvgIpc) is 2.63. The third kappa shape index (κ3) is 1.91. The molecule has 1 fully saturated rings. The third-order valence-corrected chi connectivity index (χ3v) is 3.11. The molecule has 0 atom stereocenters. The minimum absolute atomic E-state index is 0.208. The van der Waals surface area contributed by atoms with Crippen LogP contribution in [-0.4, -0.2) is 32.7 Å². The van der Waals surface area contributed by atoms with Crippen LogP contribution in [0.2, 0.25) is 0 Å². The Morgan fingerprint density at radius 1 is 1.71 bits per heavy atom. The highest BCUT2D eigenvalue weighted by Gasteiger charge is 2.34. The van der Waals surface area contributed by atoms with Gasteiger partial charge >= 0.3 is 0 Å². The van der Waals surface area contributed by atoms with E-state index in [2.05, 4.69) is 14.9 Å². The van der Waals surface area contributed by atoms with Gasteiger partial charge in [-0.3, -0.25) is 4.79 Å². The summed E-state index contributed by atoms with van der Waals surface area (Å²) in [7, 11) is 0. The van der Waals surface area contributed by atoms with Crippen molar-refractivity contribution in [3.05, 3.63) is 11.1 Å². The van der Waals surface area contributed by atoms with Crippen molar-refractivity contribution in [3.63, 3.8) is 0 Å². The van der Waals surface area contributed by atoms with Gasteiger partial charge in [0.1, 0.15) is 4.88 Å². The zero-order valence-corrected chi connectivity index (χ0v) is 8.38. The van der Waals surface area contributed by atoms with Crippen molar-refractivity contribution >= 4 is 17.4 Å². The fourth-order valence-electron chi connectivity index (χ4n) is 1.36. The van der Waals surface area contributed by atoms with Gasteiger partial charge in [0.25, 0.3) is 5.91 Å². The quantitative estimate of drug-likeness (QED) is 0.751. The Morgan fingerprint density at radius 2 is 2.50 bits per heavy atom. The van der Waals surface area contributed by atoms with Crippen molar-refractivity contribution in [1.82, 2.24) is 14.9 Å². The number of carbonyl (C=O) groups excluding carboxylic acids is 1. The molecule has 1 heterocycles. The lowest BCUT2D eigenvalue weighted by Crippen LogP contribution is -2.47. The fraction of sp³-hybridized carbons (Fsp3) is 0.625. The summed E-state index contributed by atoms with van der Waals surface area (Å²) in [5.74, 6) is -0.208. The van der Waals surface area contributed by atoms with Gasteiger partial charge in [-0.05, 0) is 30.8 Å². The molecule has 0 unspecified atom stereocenters. The van der Waals surface area contributed by atoms with Crippen molar-refractivity contribution in [2.45, 2.75) is 24.9 Å². The number of aliphatic hydroxyl groups is 1. The monoisotopic (exact) mass is 213 g/mol. The van der Waals surface area contributed by atoms with E-state index in [-0.39, 0.29) is 5.91 Å². The van der Waals surface area contributed by atoms with Gasteiger partial charge in [0.05, 0.1) is 11.8 Å². The molecule has 0 bridgehead atoms. The zero-order valence-electron chi connectivity index (χ0n) is 7.56. The molecule has 1 aliphatic rings. The Labute approximate surface area is 85.3 Å². The highest BCUT2D eigenvalue weighted by molar-refractivity contribution is 7.07. The van der Waals surface area contributed by atoms with E-state index in [4.69, 9.17) is 0 Å². The molecule has 0 aromatic carbocycles. The molecule has 14 heavy (non-hydrogen) atoms. The SMILES string of the molecule is O=C(NCC1(O)CCC1)c1cnns1. The zero-order chi connectivity index (χ0) is 10.0. The number of carbonyl (C=O) groups is 1. The van der Waals surface area contributed by atoms with Crippen LogP contribution in [0.25, 0.3) is 0 Å². The molecule has 1 aromatic rings. The number of nitrogens with zero attached hydrogens (tertiary/aromatic N) is 2. The molecule has 0 aliphatic heterocycles. The van der Waals surface area contributed by atoms with Crippen LogP contribution in [0.1, 0.15) is 28.9 Å². The second kappa shape index (κ2) is 3.62. The molecule has 0 saturated heterocycles. The summed E-state index contributed by atoms with van der Waals surface area (Å²) in [6, 6.07) is 0. The summed E-state index contributed by atoms with van der Waals surface area (Å²) >= 11 is 1.05. The molecule has 2 N–H and O–H groups in total. The highest BCUT2D eigenvalue weighted by atomic mass is 32.1. The largest absolute Gasteiger partial charge is 0.388 e. The molecule has 0 spiro atoms. The van der Waals surface area contributed by atoms with E-state index in [1.54, 1.807) is 0 Å². The molecule has 6 heteroatoms. The van der Waals surface area contributed by atoms with Crippen molar-refractivity contribution in [1.29, 1.82) is 0 Å². The number of nitrogens with one attached hydrogen (secondary N) is 1. The standard InChI is InChI=1S/C8H11N3O2S/c12-7(6-4-10-11-14-6)9-5-8(13)2-1-3-8/h4,13H,1-3,5H2,(H,9,12). The molecule has 5 nitrogen and oxygen atoms in total. The Hall–Kier alpha value is -1.01. The maximum Gasteiger partial charge on any atom is 0.264 e. The summed E-state index contributed by atoms with van der Waals surface area (Å²) < 4.78 is 3.59. The maximum absolute atomic E-state index is 11.4. The molecule has 1 amide bonds. The summed E-state index contributed by atoms with van der Waals surface area (Å²) in [5, 5.41) is 15.9. The Kier molecular flexibility index (Phi) is 2.47. The van der Waals surface area contributed by atoms with Crippen LogP contribution in [0.5, 0.6) is 0 Å². The number of hydrogen-bond donors (Lipinski definition) is 2. The van der Waals surface area contributed by atoms with Crippen LogP contribution in [0.3, 0.4) is 0 Å². The topological polar surface area (TPSA) is 75.1 Å². The summed E-state index contributed by atoms with van der Waals surface area (Å²) in [6.45, 7) is 0.323. The lowest BCUT2D eigenvalue weighted by Gasteiger charge is -2.36. The first kappa shape index (κ1) is 9.54. The normalized spacial score (nSPS) is 18.6. The van der Waals surface area contributed by atoms with Gasteiger partial charge in [-0.1, -0.05) is 4.49 Å². The first-order valence-electron chi connectivity index (χ1n) is 4.48. The molecular formula is C8H11N3O2S. The van der Waals surface area contributed by atoms with Crippen LogP contribution in [0.15, 0.2) is 6.20 Å². The molecule has 1 aromatic heterocycles. The number of aromatic nitrogens is 2. The summed E-state index contributed by atoms with van der Waals surface area (Å²) in [6.07, 6.45) is 4.00. The van der Waals surface area contributed by atoms with Gasteiger partial charge in [-0.15, -0.1) is 5.10 Å². The van der Waals surface area contributed by atoms with Gasteiger partial charge in [0, 0.05) is 6.54 Å². The third-order valence-electron chi connectivity index (χ3n) is 2.45.